The Morgan fingerprint density at radius 1 is 1.00 bits per heavy atom. The lowest BCUT2D eigenvalue weighted by Crippen LogP contribution is -2.13. The van der Waals surface area contributed by atoms with Crippen LogP contribution in [-0.4, -0.2) is 18.9 Å². The van der Waals surface area contributed by atoms with Crippen LogP contribution >= 0.6 is 0 Å². The number of aryl methyl sites for hydroxylation is 2. The van der Waals surface area contributed by atoms with Gasteiger partial charge in [0.15, 0.2) is 5.78 Å². The van der Waals surface area contributed by atoms with Crippen LogP contribution in [0.4, 0.5) is 0 Å². The molecule has 2 aromatic carbocycles. The number of Topliss-reactive ketones (excluding diaryl/α,β-unsaturated/α-hetero) is 1. The van der Waals surface area contributed by atoms with Crippen molar-refractivity contribution in [2.24, 2.45) is 0 Å². The van der Waals surface area contributed by atoms with Gasteiger partial charge in [0.2, 0.25) is 0 Å². The number of carbonyl (C=O) groups is 2. The summed E-state index contributed by atoms with van der Waals surface area (Å²) in [5, 5.41) is 0. The fourth-order valence-electron chi connectivity index (χ4n) is 2.36. The fourth-order valence-corrected chi connectivity index (χ4v) is 2.36. The van der Waals surface area contributed by atoms with Gasteiger partial charge in [0.25, 0.3) is 0 Å². The Morgan fingerprint density at radius 3 is 2.30 bits per heavy atom. The molecular formula is C19H20O4. The molecule has 4 nitrogen and oxygen atoms in total. The van der Waals surface area contributed by atoms with Gasteiger partial charge in [-0.1, -0.05) is 17.7 Å². The maximum Gasteiger partial charge on any atom is 0.315 e. The largest absolute Gasteiger partial charge is 0.496 e. The number of ketones is 1. The van der Waals surface area contributed by atoms with Gasteiger partial charge in [-0.15, -0.1) is 0 Å². The summed E-state index contributed by atoms with van der Waals surface area (Å²) in [6.07, 6.45) is 0.0393. The van der Waals surface area contributed by atoms with E-state index in [0.717, 1.165) is 11.1 Å². The Kier molecular flexibility index (Phi) is 5.16. The number of hydrogen-bond acceptors (Lipinski definition) is 4. The van der Waals surface area contributed by atoms with Crippen molar-refractivity contribution in [2.75, 3.05) is 7.11 Å². The lowest BCUT2D eigenvalue weighted by atomic mass is 10.0. The van der Waals surface area contributed by atoms with Crippen LogP contribution in [-0.2, 0) is 11.2 Å². The molecule has 0 amide bonds. The molecule has 4 heteroatoms. The molecule has 0 aliphatic carbocycles. The van der Waals surface area contributed by atoms with Crippen molar-refractivity contribution in [2.45, 2.75) is 27.2 Å². The van der Waals surface area contributed by atoms with E-state index in [0.29, 0.717) is 22.6 Å². The van der Waals surface area contributed by atoms with E-state index < -0.39 is 5.97 Å². The monoisotopic (exact) mass is 312 g/mol. The molecule has 0 fully saturated rings. The van der Waals surface area contributed by atoms with Gasteiger partial charge in [0.05, 0.1) is 13.5 Å². The molecule has 0 N–H and O–H groups in total. The van der Waals surface area contributed by atoms with E-state index in [9.17, 15) is 9.59 Å². The SMILES string of the molecule is COc1ccc(C(C)=O)cc1CC(=O)Oc1ccc(C)cc1C. The number of methoxy groups -OCH3 is 1. The zero-order valence-corrected chi connectivity index (χ0v) is 13.8. The lowest BCUT2D eigenvalue weighted by Gasteiger charge is -2.11. The molecule has 0 radical (unpaired) electrons. The minimum atomic E-state index is -0.393. The van der Waals surface area contributed by atoms with Gasteiger partial charge in [-0.05, 0) is 50.6 Å². The molecule has 2 aromatic rings. The van der Waals surface area contributed by atoms with Crippen molar-refractivity contribution < 1.29 is 19.1 Å². The van der Waals surface area contributed by atoms with Crippen molar-refractivity contribution in [1.29, 1.82) is 0 Å². The minimum Gasteiger partial charge on any atom is -0.496 e. The topological polar surface area (TPSA) is 52.6 Å². The predicted molar refractivity (Wildman–Crippen MR) is 88.3 cm³/mol. The van der Waals surface area contributed by atoms with Gasteiger partial charge in [-0.25, -0.2) is 0 Å². The summed E-state index contributed by atoms with van der Waals surface area (Å²) in [5.41, 5.74) is 3.19. The van der Waals surface area contributed by atoms with Crippen LogP contribution in [0.1, 0.15) is 34.0 Å². The van der Waals surface area contributed by atoms with Gasteiger partial charge in [0.1, 0.15) is 11.5 Å². The molecule has 0 atom stereocenters. The highest BCUT2D eigenvalue weighted by atomic mass is 16.5. The van der Waals surface area contributed by atoms with Crippen LogP contribution in [0.2, 0.25) is 0 Å². The van der Waals surface area contributed by atoms with Crippen molar-refractivity contribution in [1.82, 2.24) is 0 Å². The molecular weight excluding hydrogens is 292 g/mol. The quantitative estimate of drug-likeness (QED) is 0.480. The molecule has 0 heterocycles. The standard InChI is InChI=1S/C19H20O4/c1-12-5-7-17(13(2)9-12)23-19(21)11-16-10-15(14(3)20)6-8-18(16)22-4/h5-10H,11H2,1-4H3. The molecule has 0 spiro atoms. The summed E-state index contributed by atoms with van der Waals surface area (Å²) in [6.45, 7) is 5.36. The van der Waals surface area contributed by atoms with Gasteiger partial charge in [0, 0.05) is 11.1 Å². The van der Waals surface area contributed by atoms with E-state index in [4.69, 9.17) is 9.47 Å². The molecule has 0 aromatic heterocycles. The average Bonchev–Trinajstić information content (AvgIpc) is 2.50. The Bertz CT molecular complexity index is 747. The van der Waals surface area contributed by atoms with Crippen LogP contribution < -0.4 is 9.47 Å². The lowest BCUT2D eigenvalue weighted by molar-refractivity contribution is -0.133. The first kappa shape index (κ1) is 16.7. The predicted octanol–water partition coefficient (Wildman–Crippen LogP) is 3.66. The highest BCUT2D eigenvalue weighted by Crippen LogP contribution is 2.23. The second kappa shape index (κ2) is 7.09. The third kappa shape index (κ3) is 4.19. The molecule has 120 valence electrons. The van der Waals surface area contributed by atoms with E-state index in [1.807, 2.05) is 26.0 Å². The fraction of sp³-hybridized carbons (Fsp3) is 0.263. The van der Waals surface area contributed by atoms with Crippen molar-refractivity contribution in [3.05, 3.63) is 58.7 Å². The molecule has 0 saturated carbocycles. The molecule has 0 bridgehead atoms. The normalized spacial score (nSPS) is 10.3. The number of ether oxygens (including phenoxy) is 2. The van der Waals surface area contributed by atoms with Gasteiger partial charge in [-0.2, -0.15) is 0 Å². The van der Waals surface area contributed by atoms with Crippen LogP contribution in [0, 0.1) is 13.8 Å². The van der Waals surface area contributed by atoms with Crippen LogP contribution in [0.3, 0.4) is 0 Å². The highest BCUT2D eigenvalue weighted by molar-refractivity contribution is 5.94. The van der Waals surface area contributed by atoms with Crippen LogP contribution in [0.5, 0.6) is 11.5 Å². The summed E-state index contributed by atoms with van der Waals surface area (Å²) < 4.78 is 10.7. The number of benzene rings is 2. The Labute approximate surface area is 136 Å². The minimum absolute atomic E-state index is 0.0393. The molecule has 0 aliphatic heterocycles. The number of esters is 1. The number of carbonyl (C=O) groups excluding carboxylic acids is 2. The summed E-state index contributed by atoms with van der Waals surface area (Å²) in [6, 6.07) is 10.7. The van der Waals surface area contributed by atoms with E-state index in [1.54, 1.807) is 24.3 Å². The van der Waals surface area contributed by atoms with Crippen LogP contribution in [0.25, 0.3) is 0 Å². The van der Waals surface area contributed by atoms with Crippen LogP contribution in [0.15, 0.2) is 36.4 Å². The van der Waals surface area contributed by atoms with Gasteiger partial charge >= 0.3 is 5.97 Å². The van der Waals surface area contributed by atoms with E-state index >= 15 is 0 Å². The van der Waals surface area contributed by atoms with Crippen molar-refractivity contribution in [3.63, 3.8) is 0 Å². The summed E-state index contributed by atoms with van der Waals surface area (Å²) in [5.74, 6) is 0.655. The van der Waals surface area contributed by atoms with E-state index in [1.165, 1.54) is 14.0 Å². The Morgan fingerprint density at radius 2 is 1.70 bits per heavy atom. The van der Waals surface area contributed by atoms with E-state index in [-0.39, 0.29) is 12.2 Å². The Balaban J connectivity index is 2.19. The first-order valence-corrected chi connectivity index (χ1v) is 7.36. The maximum absolute atomic E-state index is 12.2. The first-order chi connectivity index (χ1) is 10.9. The van der Waals surface area contributed by atoms with Crippen molar-refractivity contribution >= 4 is 11.8 Å². The van der Waals surface area contributed by atoms with Gasteiger partial charge < -0.3 is 9.47 Å². The third-order valence-electron chi connectivity index (χ3n) is 3.58. The average molecular weight is 312 g/mol. The molecule has 0 saturated heterocycles. The first-order valence-electron chi connectivity index (χ1n) is 7.36. The number of rotatable bonds is 5. The molecule has 0 aliphatic rings. The highest BCUT2D eigenvalue weighted by Gasteiger charge is 2.14. The second-order valence-electron chi connectivity index (χ2n) is 5.50. The summed E-state index contributed by atoms with van der Waals surface area (Å²) >= 11 is 0. The maximum atomic E-state index is 12.2. The smallest absolute Gasteiger partial charge is 0.315 e. The molecule has 2 rings (SSSR count). The zero-order chi connectivity index (χ0) is 17.0. The van der Waals surface area contributed by atoms with Crippen molar-refractivity contribution in [3.8, 4) is 11.5 Å². The van der Waals surface area contributed by atoms with Gasteiger partial charge in [-0.3, -0.25) is 9.59 Å². The molecule has 23 heavy (non-hydrogen) atoms. The third-order valence-corrected chi connectivity index (χ3v) is 3.58. The number of hydrogen-bond donors (Lipinski definition) is 0. The zero-order valence-electron chi connectivity index (χ0n) is 13.8. The summed E-state index contributed by atoms with van der Waals surface area (Å²) in [7, 11) is 1.53. The molecule has 0 unspecified atom stereocenters. The summed E-state index contributed by atoms with van der Waals surface area (Å²) in [4.78, 5) is 23.7. The Hall–Kier alpha value is -2.62. The van der Waals surface area contributed by atoms with E-state index in [2.05, 4.69) is 0 Å². The second-order valence-corrected chi connectivity index (χ2v) is 5.50.